The molecule has 0 aliphatic heterocycles. The van der Waals surface area contributed by atoms with E-state index in [4.69, 9.17) is 4.74 Å². The molecule has 5 nitrogen and oxygen atoms in total. The van der Waals surface area contributed by atoms with Gasteiger partial charge in [0, 0.05) is 28.1 Å². The fourth-order valence-corrected chi connectivity index (χ4v) is 3.89. The van der Waals surface area contributed by atoms with E-state index in [1.54, 1.807) is 11.9 Å². The van der Waals surface area contributed by atoms with Crippen LogP contribution >= 0.6 is 38.5 Å². The number of nitrogens with zero attached hydrogens (tertiary/aromatic N) is 1. The normalized spacial score (nSPS) is 11.5. The summed E-state index contributed by atoms with van der Waals surface area (Å²) in [6, 6.07) is 24.2. The molecule has 0 aliphatic rings. The van der Waals surface area contributed by atoms with Crippen LogP contribution in [-0.4, -0.2) is 36.4 Å². The second-order valence-electron chi connectivity index (χ2n) is 7.21. The Morgan fingerprint density at radius 2 is 1.62 bits per heavy atom. The predicted octanol–water partition coefficient (Wildman–Crippen LogP) is 4.82. The summed E-state index contributed by atoms with van der Waals surface area (Å²) in [5.74, 6) is 0.145. The van der Waals surface area contributed by atoms with Gasteiger partial charge in [-0.25, -0.2) is 0 Å². The number of carbonyl (C=O) groups excluding carboxylic acids is 2. The topological polar surface area (TPSA) is 58.6 Å². The molecular formula is C25H24BrIN2O3. The first kappa shape index (κ1) is 24.3. The van der Waals surface area contributed by atoms with E-state index in [9.17, 15) is 9.59 Å². The molecule has 0 heterocycles. The quantitative estimate of drug-likeness (QED) is 0.356. The zero-order valence-corrected chi connectivity index (χ0v) is 21.4. The van der Waals surface area contributed by atoms with Crippen molar-refractivity contribution < 1.29 is 14.3 Å². The maximum absolute atomic E-state index is 13.3. The third-order valence-corrected chi connectivity index (χ3v) is 6.21. The van der Waals surface area contributed by atoms with Gasteiger partial charge in [-0.3, -0.25) is 9.59 Å². The van der Waals surface area contributed by atoms with Crippen molar-refractivity contribution in [2.45, 2.75) is 19.0 Å². The Hall–Kier alpha value is -2.39. The lowest BCUT2D eigenvalue weighted by molar-refractivity contribution is -0.142. The van der Waals surface area contributed by atoms with Gasteiger partial charge in [0.15, 0.2) is 6.61 Å². The predicted molar refractivity (Wildman–Crippen MR) is 137 cm³/mol. The summed E-state index contributed by atoms with van der Waals surface area (Å²) < 4.78 is 7.78. The van der Waals surface area contributed by atoms with Crippen molar-refractivity contribution in [1.82, 2.24) is 10.2 Å². The van der Waals surface area contributed by atoms with Gasteiger partial charge in [-0.2, -0.15) is 0 Å². The van der Waals surface area contributed by atoms with Gasteiger partial charge >= 0.3 is 0 Å². The van der Waals surface area contributed by atoms with Crippen LogP contribution in [-0.2, 0) is 22.6 Å². The number of benzene rings is 3. The minimum Gasteiger partial charge on any atom is -0.484 e. The van der Waals surface area contributed by atoms with Gasteiger partial charge in [-0.15, -0.1) is 0 Å². The van der Waals surface area contributed by atoms with Gasteiger partial charge in [0.25, 0.3) is 5.91 Å². The van der Waals surface area contributed by atoms with Crippen LogP contribution in [0.2, 0.25) is 0 Å². The Labute approximate surface area is 210 Å². The second-order valence-corrected chi connectivity index (χ2v) is 9.37. The molecule has 3 rings (SSSR count). The molecule has 0 unspecified atom stereocenters. The summed E-state index contributed by atoms with van der Waals surface area (Å²) >= 11 is 5.65. The van der Waals surface area contributed by atoms with E-state index >= 15 is 0 Å². The number of halogens is 2. The first-order valence-electron chi connectivity index (χ1n) is 10.1. The number of likely N-dealkylation sites (N-methyl/N-ethyl adjacent to an activating group) is 1. The van der Waals surface area contributed by atoms with Crippen molar-refractivity contribution in [3.05, 3.63) is 98.0 Å². The molecule has 0 radical (unpaired) electrons. The number of amides is 2. The van der Waals surface area contributed by atoms with Crippen molar-refractivity contribution in [1.29, 1.82) is 0 Å². The summed E-state index contributed by atoms with van der Waals surface area (Å²) in [5, 5.41) is 2.71. The summed E-state index contributed by atoms with van der Waals surface area (Å²) in [6.45, 7) is 0.145. The molecule has 3 aromatic rings. The maximum Gasteiger partial charge on any atom is 0.261 e. The SMILES string of the molecule is CNC(=O)[C@H](Cc1ccccc1)N(Cc1ccc(Br)cc1)C(=O)COc1ccc(I)cc1. The molecule has 32 heavy (non-hydrogen) atoms. The average Bonchev–Trinajstić information content (AvgIpc) is 2.82. The Bertz CT molecular complexity index is 1030. The molecule has 3 aromatic carbocycles. The number of hydrogen-bond acceptors (Lipinski definition) is 3. The lowest BCUT2D eigenvalue weighted by Gasteiger charge is -2.31. The third kappa shape index (κ3) is 7.06. The smallest absolute Gasteiger partial charge is 0.261 e. The second kappa shape index (κ2) is 12.0. The average molecular weight is 607 g/mol. The van der Waals surface area contributed by atoms with Gasteiger partial charge < -0.3 is 15.0 Å². The molecule has 1 N–H and O–H groups in total. The monoisotopic (exact) mass is 606 g/mol. The van der Waals surface area contributed by atoms with Crippen LogP contribution in [0.1, 0.15) is 11.1 Å². The Morgan fingerprint density at radius 1 is 0.969 bits per heavy atom. The van der Waals surface area contributed by atoms with Crippen LogP contribution in [0, 0.1) is 3.57 Å². The highest BCUT2D eigenvalue weighted by Gasteiger charge is 2.30. The van der Waals surface area contributed by atoms with Gasteiger partial charge in [-0.1, -0.05) is 58.4 Å². The maximum atomic E-state index is 13.3. The Kier molecular flexibility index (Phi) is 9.11. The summed E-state index contributed by atoms with van der Waals surface area (Å²) in [7, 11) is 1.59. The first-order valence-corrected chi connectivity index (χ1v) is 12.0. The third-order valence-electron chi connectivity index (χ3n) is 4.96. The van der Waals surface area contributed by atoms with E-state index < -0.39 is 6.04 Å². The summed E-state index contributed by atoms with van der Waals surface area (Å²) in [6.07, 6.45) is 0.409. The van der Waals surface area contributed by atoms with E-state index in [2.05, 4.69) is 43.8 Å². The molecule has 0 aliphatic carbocycles. The lowest BCUT2D eigenvalue weighted by atomic mass is 10.0. The van der Waals surface area contributed by atoms with Crippen molar-refractivity contribution in [3.63, 3.8) is 0 Å². The molecule has 0 aromatic heterocycles. The van der Waals surface area contributed by atoms with Crippen molar-refractivity contribution in [2.24, 2.45) is 0 Å². The largest absolute Gasteiger partial charge is 0.484 e. The fraction of sp³-hybridized carbons (Fsp3) is 0.200. The molecule has 0 saturated carbocycles. The zero-order valence-electron chi connectivity index (χ0n) is 17.6. The molecule has 7 heteroatoms. The molecule has 166 valence electrons. The van der Waals surface area contributed by atoms with E-state index in [0.29, 0.717) is 18.7 Å². The van der Waals surface area contributed by atoms with Crippen LogP contribution in [0.4, 0.5) is 0 Å². The van der Waals surface area contributed by atoms with Gasteiger partial charge in [0.2, 0.25) is 5.91 Å². The molecular weight excluding hydrogens is 583 g/mol. The molecule has 2 amide bonds. The fourth-order valence-electron chi connectivity index (χ4n) is 3.27. The van der Waals surface area contributed by atoms with E-state index in [-0.39, 0.29) is 18.4 Å². The van der Waals surface area contributed by atoms with Crippen molar-refractivity contribution in [3.8, 4) is 5.75 Å². The highest BCUT2D eigenvalue weighted by Crippen LogP contribution is 2.18. The van der Waals surface area contributed by atoms with Crippen molar-refractivity contribution >= 4 is 50.3 Å². The van der Waals surface area contributed by atoms with Crippen LogP contribution in [0.3, 0.4) is 0 Å². The van der Waals surface area contributed by atoms with Crippen LogP contribution < -0.4 is 10.1 Å². The van der Waals surface area contributed by atoms with E-state index in [0.717, 1.165) is 19.2 Å². The number of nitrogens with one attached hydrogen (secondary N) is 1. The number of hydrogen-bond donors (Lipinski definition) is 1. The lowest BCUT2D eigenvalue weighted by Crippen LogP contribution is -2.51. The highest BCUT2D eigenvalue weighted by atomic mass is 127. The number of carbonyl (C=O) groups is 2. The van der Waals surface area contributed by atoms with E-state index in [1.165, 1.54) is 0 Å². The summed E-state index contributed by atoms with van der Waals surface area (Å²) in [4.78, 5) is 27.8. The first-order chi connectivity index (χ1) is 15.5. The van der Waals surface area contributed by atoms with Crippen LogP contribution in [0.5, 0.6) is 5.75 Å². The Balaban J connectivity index is 1.85. The molecule has 0 saturated heterocycles. The van der Waals surface area contributed by atoms with Crippen LogP contribution in [0.15, 0.2) is 83.3 Å². The van der Waals surface area contributed by atoms with Crippen LogP contribution in [0.25, 0.3) is 0 Å². The van der Waals surface area contributed by atoms with E-state index in [1.807, 2.05) is 78.9 Å². The van der Waals surface area contributed by atoms with Crippen molar-refractivity contribution in [2.75, 3.05) is 13.7 Å². The molecule has 1 atom stereocenters. The molecule has 0 bridgehead atoms. The van der Waals surface area contributed by atoms with Gasteiger partial charge in [0.1, 0.15) is 11.8 Å². The minimum absolute atomic E-state index is 0.153. The molecule has 0 spiro atoms. The highest BCUT2D eigenvalue weighted by molar-refractivity contribution is 14.1. The van der Waals surface area contributed by atoms with Gasteiger partial charge in [-0.05, 0) is 70.1 Å². The van der Waals surface area contributed by atoms with Gasteiger partial charge in [0.05, 0.1) is 0 Å². The molecule has 0 fully saturated rings. The minimum atomic E-state index is -0.668. The number of rotatable bonds is 9. The zero-order chi connectivity index (χ0) is 22.9. The summed E-state index contributed by atoms with van der Waals surface area (Å²) in [5.41, 5.74) is 1.91. The Morgan fingerprint density at radius 3 is 2.25 bits per heavy atom. The number of ether oxygens (including phenoxy) is 1. The standard InChI is InChI=1S/C25H24BrIN2O3/c1-28-25(31)23(15-18-5-3-2-4-6-18)29(16-19-7-9-20(26)10-8-19)24(30)17-32-22-13-11-21(27)12-14-22/h2-14,23H,15-17H2,1H3,(H,28,31)/t23-/m0/s1.